The van der Waals surface area contributed by atoms with Crippen molar-refractivity contribution in [2.45, 2.75) is 6.92 Å². The lowest BCUT2D eigenvalue weighted by Gasteiger charge is -2.05. The fraction of sp³-hybridized carbons (Fsp3) is 0.0909. The third kappa shape index (κ3) is 2.44. The van der Waals surface area contributed by atoms with Gasteiger partial charge in [0.05, 0.1) is 4.47 Å². The first-order valence-electron chi connectivity index (χ1n) is 4.52. The van der Waals surface area contributed by atoms with Gasteiger partial charge >= 0.3 is 0 Å². The van der Waals surface area contributed by atoms with Crippen molar-refractivity contribution < 1.29 is 0 Å². The van der Waals surface area contributed by atoms with E-state index in [2.05, 4.69) is 41.8 Å². The number of hydrogen-bond acceptors (Lipinski definition) is 2. The van der Waals surface area contributed by atoms with Crippen molar-refractivity contribution in [1.82, 2.24) is 9.97 Å². The highest BCUT2D eigenvalue weighted by Crippen LogP contribution is 2.26. The van der Waals surface area contributed by atoms with Crippen molar-refractivity contribution in [3.63, 3.8) is 0 Å². The van der Waals surface area contributed by atoms with E-state index in [4.69, 9.17) is 11.6 Å². The summed E-state index contributed by atoms with van der Waals surface area (Å²) in [4.78, 5) is 8.47. The summed E-state index contributed by atoms with van der Waals surface area (Å²) in [7, 11) is 0. The second kappa shape index (κ2) is 4.82. The quantitative estimate of drug-likeness (QED) is 0.691. The summed E-state index contributed by atoms with van der Waals surface area (Å²) < 4.78 is 1.74. The van der Waals surface area contributed by atoms with Gasteiger partial charge < -0.3 is 0 Å². The van der Waals surface area contributed by atoms with E-state index in [1.807, 2.05) is 25.1 Å². The SMILES string of the molecule is Cc1cc(Br)ccc1-c1ncc(Br)c(Cl)n1. The average Bonchev–Trinajstić information content (AvgIpc) is 2.22. The van der Waals surface area contributed by atoms with E-state index in [1.54, 1.807) is 6.20 Å². The molecule has 0 aliphatic rings. The van der Waals surface area contributed by atoms with Crippen LogP contribution in [-0.2, 0) is 0 Å². The second-order valence-corrected chi connectivity index (χ2v) is 5.42. The zero-order valence-electron chi connectivity index (χ0n) is 8.34. The fourth-order valence-electron chi connectivity index (χ4n) is 1.35. The highest BCUT2D eigenvalue weighted by Gasteiger charge is 2.07. The average molecular weight is 362 g/mol. The molecule has 1 heterocycles. The molecule has 1 aromatic carbocycles. The van der Waals surface area contributed by atoms with Crippen LogP contribution in [0, 0.1) is 6.92 Å². The minimum Gasteiger partial charge on any atom is -0.235 e. The van der Waals surface area contributed by atoms with Gasteiger partial charge in [0, 0.05) is 16.2 Å². The van der Waals surface area contributed by atoms with Crippen molar-refractivity contribution >= 4 is 43.5 Å². The van der Waals surface area contributed by atoms with Crippen molar-refractivity contribution in [3.05, 3.63) is 44.1 Å². The zero-order valence-corrected chi connectivity index (χ0v) is 12.3. The predicted molar refractivity (Wildman–Crippen MR) is 72.6 cm³/mol. The summed E-state index contributed by atoms with van der Waals surface area (Å²) in [6.45, 7) is 2.01. The van der Waals surface area contributed by atoms with Crippen molar-refractivity contribution in [1.29, 1.82) is 0 Å². The smallest absolute Gasteiger partial charge is 0.161 e. The Labute approximate surface area is 115 Å². The third-order valence-corrected chi connectivity index (χ3v) is 3.72. The molecule has 0 spiro atoms. The number of aryl methyl sites for hydroxylation is 1. The molecule has 0 unspecified atom stereocenters. The maximum absolute atomic E-state index is 5.94. The molecular weight excluding hydrogens is 355 g/mol. The summed E-state index contributed by atoms with van der Waals surface area (Å²) in [5, 5.41) is 0.423. The molecule has 0 radical (unpaired) electrons. The Kier molecular flexibility index (Phi) is 3.62. The number of aromatic nitrogens is 2. The van der Waals surface area contributed by atoms with Gasteiger partial charge in [0.2, 0.25) is 0 Å². The molecule has 2 rings (SSSR count). The number of nitrogens with zero attached hydrogens (tertiary/aromatic N) is 2. The zero-order chi connectivity index (χ0) is 11.7. The van der Waals surface area contributed by atoms with Gasteiger partial charge in [-0.1, -0.05) is 27.5 Å². The molecule has 0 N–H and O–H groups in total. The second-order valence-electron chi connectivity index (χ2n) is 3.29. The van der Waals surface area contributed by atoms with Crippen molar-refractivity contribution in [2.24, 2.45) is 0 Å². The maximum atomic E-state index is 5.94. The van der Waals surface area contributed by atoms with Crippen molar-refractivity contribution in [3.8, 4) is 11.4 Å². The minimum absolute atomic E-state index is 0.423. The van der Waals surface area contributed by atoms with E-state index in [0.717, 1.165) is 15.6 Å². The van der Waals surface area contributed by atoms with Gasteiger partial charge in [-0.3, -0.25) is 0 Å². The molecule has 2 aromatic rings. The third-order valence-electron chi connectivity index (χ3n) is 2.13. The topological polar surface area (TPSA) is 25.8 Å². The lowest BCUT2D eigenvalue weighted by atomic mass is 10.1. The van der Waals surface area contributed by atoms with Crippen LogP contribution in [-0.4, -0.2) is 9.97 Å². The molecule has 2 nitrogen and oxygen atoms in total. The van der Waals surface area contributed by atoms with Crippen LogP contribution in [0.15, 0.2) is 33.3 Å². The molecule has 0 saturated heterocycles. The van der Waals surface area contributed by atoms with Gasteiger partial charge in [0.15, 0.2) is 5.82 Å². The Bertz CT molecular complexity index is 544. The molecule has 0 fully saturated rings. The first kappa shape index (κ1) is 12.0. The Morgan fingerprint density at radius 3 is 2.62 bits per heavy atom. The van der Waals surface area contributed by atoms with Crippen molar-refractivity contribution in [2.75, 3.05) is 0 Å². The van der Waals surface area contributed by atoms with E-state index in [0.29, 0.717) is 15.5 Å². The van der Waals surface area contributed by atoms with Crippen LogP contribution in [0.5, 0.6) is 0 Å². The van der Waals surface area contributed by atoms with Gasteiger partial charge in [0.1, 0.15) is 5.15 Å². The lowest BCUT2D eigenvalue weighted by Crippen LogP contribution is -1.92. The van der Waals surface area contributed by atoms with E-state index >= 15 is 0 Å². The van der Waals surface area contributed by atoms with Gasteiger partial charge in [-0.05, 0) is 46.6 Å². The van der Waals surface area contributed by atoms with Gasteiger partial charge in [0.25, 0.3) is 0 Å². The van der Waals surface area contributed by atoms with E-state index in [-0.39, 0.29) is 0 Å². The minimum atomic E-state index is 0.423. The Hall–Kier alpha value is -0.450. The Balaban J connectivity index is 2.54. The number of halogens is 3. The molecule has 0 aliphatic heterocycles. The Morgan fingerprint density at radius 2 is 2.00 bits per heavy atom. The molecule has 5 heteroatoms. The highest BCUT2D eigenvalue weighted by atomic mass is 79.9. The van der Waals surface area contributed by atoms with Crippen LogP contribution in [0.25, 0.3) is 11.4 Å². The summed E-state index contributed by atoms with van der Waals surface area (Å²) in [6.07, 6.45) is 1.66. The van der Waals surface area contributed by atoms with E-state index < -0.39 is 0 Å². The number of benzene rings is 1. The normalized spacial score (nSPS) is 10.5. The Morgan fingerprint density at radius 1 is 1.25 bits per heavy atom. The maximum Gasteiger partial charge on any atom is 0.161 e. The largest absolute Gasteiger partial charge is 0.235 e. The standard InChI is InChI=1S/C11H7Br2ClN2/c1-6-4-7(12)2-3-8(6)11-15-5-9(13)10(14)16-11/h2-5H,1H3. The van der Waals surface area contributed by atoms with Gasteiger partial charge in [-0.15, -0.1) is 0 Å². The first-order valence-corrected chi connectivity index (χ1v) is 6.49. The molecule has 0 amide bonds. The predicted octanol–water partition coefficient (Wildman–Crippen LogP) is 4.63. The molecule has 0 aliphatic carbocycles. The molecule has 0 bridgehead atoms. The fourth-order valence-corrected chi connectivity index (χ4v) is 2.15. The summed E-state index contributed by atoms with van der Waals surface area (Å²) in [6, 6.07) is 5.95. The molecule has 1 aromatic heterocycles. The van der Waals surface area contributed by atoms with Crippen LogP contribution in [0.4, 0.5) is 0 Å². The van der Waals surface area contributed by atoms with Crippen LogP contribution in [0.2, 0.25) is 5.15 Å². The van der Waals surface area contributed by atoms with Gasteiger partial charge in [-0.25, -0.2) is 9.97 Å². The summed E-state index contributed by atoms with van der Waals surface area (Å²) in [5.41, 5.74) is 2.09. The lowest BCUT2D eigenvalue weighted by molar-refractivity contribution is 1.15. The molecule has 0 saturated carbocycles. The summed E-state index contributed by atoms with van der Waals surface area (Å²) in [5.74, 6) is 0.637. The van der Waals surface area contributed by atoms with E-state index in [9.17, 15) is 0 Å². The number of hydrogen-bond donors (Lipinski definition) is 0. The highest BCUT2D eigenvalue weighted by molar-refractivity contribution is 9.10. The number of rotatable bonds is 1. The summed E-state index contributed by atoms with van der Waals surface area (Å²) >= 11 is 12.6. The molecular formula is C11H7Br2ClN2. The van der Waals surface area contributed by atoms with Crippen LogP contribution < -0.4 is 0 Å². The molecule has 16 heavy (non-hydrogen) atoms. The molecule has 0 atom stereocenters. The first-order chi connectivity index (χ1) is 7.58. The molecule has 82 valence electrons. The van der Waals surface area contributed by atoms with Crippen LogP contribution >= 0.6 is 43.5 Å². The van der Waals surface area contributed by atoms with Crippen LogP contribution in [0.3, 0.4) is 0 Å². The van der Waals surface area contributed by atoms with E-state index in [1.165, 1.54) is 0 Å². The van der Waals surface area contributed by atoms with Gasteiger partial charge in [-0.2, -0.15) is 0 Å². The van der Waals surface area contributed by atoms with Crippen LogP contribution in [0.1, 0.15) is 5.56 Å². The monoisotopic (exact) mass is 360 g/mol.